The Kier molecular flexibility index (Phi) is 5.73. The van der Waals surface area contributed by atoms with E-state index in [4.69, 9.17) is 5.11 Å². The SMILES string of the molecule is Cc1[nH]n(-c2ccc(F)cc2)c(=O)c1N=Nc1cccc(-c2cccc(OC(=O)O)c2)c1O. The number of ether oxygens (including phenoxy) is 1. The molecule has 10 heteroatoms. The Labute approximate surface area is 186 Å². The Balaban J connectivity index is 1.67. The number of rotatable bonds is 5. The quantitative estimate of drug-likeness (QED) is 0.212. The van der Waals surface area contributed by atoms with Gasteiger partial charge in [0.1, 0.15) is 17.3 Å². The number of benzene rings is 3. The van der Waals surface area contributed by atoms with Crippen molar-refractivity contribution in [3.63, 3.8) is 0 Å². The van der Waals surface area contributed by atoms with Gasteiger partial charge in [0.2, 0.25) is 0 Å². The molecule has 0 aliphatic rings. The van der Waals surface area contributed by atoms with E-state index in [1.54, 1.807) is 31.2 Å². The molecular weight excluding hydrogens is 431 g/mol. The fourth-order valence-electron chi connectivity index (χ4n) is 3.20. The summed E-state index contributed by atoms with van der Waals surface area (Å²) in [5.74, 6) is -0.540. The van der Waals surface area contributed by atoms with Crippen LogP contribution in [0.5, 0.6) is 11.5 Å². The van der Waals surface area contributed by atoms with Crippen LogP contribution in [0, 0.1) is 12.7 Å². The molecule has 3 aromatic carbocycles. The predicted octanol–water partition coefficient (Wildman–Crippen LogP) is 5.46. The van der Waals surface area contributed by atoms with Crippen molar-refractivity contribution in [1.82, 2.24) is 9.78 Å². The van der Waals surface area contributed by atoms with Crippen LogP contribution in [0.1, 0.15) is 5.69 Å². The first-order valence-electron chi connectivity index (χ1n) is 9.66. The number of nitrogens with zero attached hydrogens (tertiary/aromatic N) is 3. The number of aromatic amines is 1. The number of aromatic nitrogens is 2. The molecule has 0 fully saturated rings. The van der Waals surface area contributed by atoms with Gasteiger partial charge in [-0.25, -0.2) is 13.9 Å². The summed E-state index contributed by atoms with van der Waals surface area (Å²) in [5.41, 5.74) is 1.38. The van der Waals surface area contributed by atoms with Gasteiger partial charge < -0.3 is 14.9 Å². The highest BCUT2D eigenvalue weighted by atomic mass is 19.1. The van der Waals surface area contributed by atoms with Crippen LogP contribution in [0.2, 0.25) is 0 Å². The van der Waals surface area contributed by atoms with Crippen molar-refractivity contribution in [2.45, 2.75) is 6.92 Å². The summed E-state index contributed by atoms with van der Waals surface area (Å²) in [7, 11) is 0. The van der Waals surface area contributed by atoms with Crippen LogP contribution in [0.15, 0.2) is 81.8 Å². The molecule has 0 saturated carbocycles. The summed E-state index contributed by atoms with van der Waals surface area (Å²) in [6, 6.07) is 16.3. The van der Waals surface area contributed by atoms with Gasteiger partial charge in [-0.2, -0.15) is 0 Å². The third-order valence-electron chi connectivity index (χ3n) is 4.75. The molecule has 1 aromatic heterocycles. The molecule has 4 aromatic rings. The molecule has 9 nitrogen and oxygen atoms in total. The van der Waals surface area contributed by atoms with E-state index in [1.165, 1.54) is 47.1 Å². The first-order valence-corrected chi connectivity index (χ1v) is 9.66. The van der Waals surface area contributed by atoms with Crippen LogP contribution in [0.4, 0.5) is 20.6 Å². The second kappa shape index (κ2) is 8.79. The van der Waals surface area contributed by atoms with Crippen molar-refractivity contribution in [1.29, 1.82) is 0 Å². The van der Waals surface area contributed by atoms with Gasteiger partial charge in [-0.05, 0) is 55.0 Å². The monoisotopic (exact) mass is 448 g/mol. The highest BCUT2D eigenvalue weighted by Gasteiger charge is 2.14. The predicted molar refractivity (Wildman–Crippen MR) is 117 cm³/mol. The number of phenols is 1. The van der Waals surface area contributed by atoms with Gasteiger partial charge in [0, 0.05) is 5.56 Å². The number of phenolic OH excluding ortho intramolecular Hbond substituents is 1. The largest absolute Gasteiger partial charge is 0.511 e. The summed E-state index contributed by atoms with van der Waals surface area (Å²) in [5, 5.41) is 30.4. The number of carbonyl (C=O) groups is 1. The summed E-state index contributed by atoms with van der Waals surface area (Å²) in [4.78, 5) is 23.5. The summed E-state index contributed by atoms with van der Waals surface area (Å²) in [6.07, 6.45) is -1.45. The maximum absolute atomic E-state index is 13.2. The standard InChI is InChI=1S/C23H17FN4O5/c1-13-20(22(30)28(27-13)16-10-8-15(24)9-11-16)26-25-19-7-3-6-18(21(19)29)14-4-2-5-17(12-14)33-23(31)32/h2-12,27,29H,1H3,(H,31,32). The summed E-state index contributed by atoms with van der Waals surface area (Å²) < 4.78 is 19.0. The number of hydrogen-bond donors (Lipinski definition) is 3. The lowest BCUT2D eigenvalue weighted by Crippen LogP contribution is -2.13. The molecule has 3 N–H and O–H groups in total. The minimum atomic E-state index is -1.45. The maximum atomic E-state index is 13.2. The van der Waals surface area contributed by atoms with E-state index in [0.29, 0.717) is 22.5 Å². The zero-order chi connectivity index (χ0) is 23.5. The number of halogens is 1. The van der Waals surface area contributed by atoms with Crippen molar-refractivity contribution in [2.24, 2.45) is 10.2 Å². The lowest BCUT2D eigenvalue weighted by atomic mass is 10.0. The van der Waals surface area contributed by atoms with E-state index < -0.39 is 17.5 Å². The second-order valence-corrected chi connectivity index (χ2v) is 6.97. The van der Waals surface area contributed by atoms with Gasteiger partial charge in [0.15, 0.2) is 11.4 Å². The number of nitrogens with one attached hydrogen (secondary N) is 1. The number of azo groups is 1. The average molecular weight is 448 g/mol. The van der Waals surface area contributed by atoms with Gasteiger partial charge in [-0.1, -0.05) is 24.3 Å². The van der Waals surface area contributed by atoms with E-state index in [2.05, 4.69) is 20.1 Å². The smallest absolute Gasteiger partial charge is 0.505 e. The molecule has 0 unspecified atom stereocenters. The molecule has 0 aliphatic heterocycles. The Bertz CT molecular complexity index is 1420. The normalized spacial score (nSPS) is 11.1. The third kappa shape index (κ3) is 4.49. The molecule has 166 valence electrons. The Morgan fingerprint density at radius 1 is 1.06 bits per heavy atom. The zero-order valence-electron chi connectivity index (χ0n) is 17.2. The molecule has 0 amide bonds. The van der Waals surface area contributed by atoms with Crippen LogP contribution in [-0.2, 0) is 0 Å². The number of aromatic hydroxyl groups is 1. The van der Waals surface area contributed by atoms with Crippen LogP contribution >= 0.6 is 0 Å². The van der Waals surface area contributed by atoms with Crippen LogP contribution in [0.3, 0.4) is 0 Å². The zero-order valence-corrected chi connectivity index (χ0v) is 17.2. The Hall–Kier alpha value is -4.73. The molecule has 0 radical (unpaired) electrons. The number of para-hydroxylation sites is 1. The Morgan fingerprint density at radius 2 is 1.79 bits per heavy atom. The highest BCUT2D eigenvalue weighted by Crippen LogP contribution is 2.38. The van der Waals surface area contributed by atoms with Crippen LogP contribution < -0.4 is 10.3 Å². The first-order chi connectivity index (χ1) is 15.8. The van der Waals surface area contributed by atoms with Gasteiger partial charge in [0.05, 0.1) is 11.4 Å². The van der Waals surface area contributed by atoms with Gasteiger partial charge in [0.25, 0.3) is 5.56 Å². The first kappa shape index (κ1) is 21.5. The molecule has 0 saturated heterocycles. The minimum Gasteiger partial charge on any atom is -0.505 e. The lowest BCUT2D eigenvalue weighted by molar-refractivity contribution is 0.144. The Morgan fingerprint density at radius 3 is 2.52 bits per heavy atom. The van der Waals surface area contributed by atoms with Crippen molar-refractivity contribution in [2.75, 3.05) is 0 Å². The van der Waals surface area contributed by atoms with Crippen molar-refractivity contribution >= 4 is 17.5 Å². The van der Waals surface area contributed by atoms with Crippen molar-refractivity contribution in [3.8, 4) is 28.3 Å². The lowest BCUT2D eigenvalue weighted by Gasteiger charge is -2.08. The van der Waals surface area contributed by atoms with Crippen LogP contribution in [0.25, 0.3) is 16.8 Å². The van der Waals surface area contributed by atoms with E-state index >= 15 is 0 Å². The molecule has 1 heterocycles. The number of H-pyrrole nitrogens is 1. The second-order valence-electron chi connectivity index (χ2n) is 6.97. The van der Waals surface area contributed by atoms with E-state index in [9.17, 15) is 19.1 Å². The highest BCUT2D eigenvalue weighted by molar-refractivity contribution is 5.77. The summed E-state index contributed by atoms with van der Waals surface area (Å²) in [6.45, 7) is 1.64. The molecule has 0 atom stereocenters. The molecule has 0 aliphatic carbocycles. The van der Waals surface area contributed by atoms with Crippen LogP contribution in [-0.4, -0.2) is 26.1 Å². The number of hydrogen-bond acceptors (Lipinski definition) is 6. The molecule has 4 rings (SSSR count). The molecular formula is C23H17FN4O5. The van der Waals surface area contributed by atoms with Crippen molar-refractivity contribution in [3.05, 3.63) is 88.6 Å². The van der Waals surface area contributed by atoms with Crippen molar-refractivity contribution < 1.29 is 24.1 Å². The van der Waals surface area contributed by atoms with Gasteiger partial charge >= 0.3 is 6.16 Å². The third-order valence-corrected chi connectivity index (χ3v) is 4.75. The maximum Gasteiger partial charge on any atom is 0.511 e. The molecule has 0 bridgehead atoms. The fourth-order valence-corrected chi connectivity index (χ4v) is 3.20. The van der Waals surface area contributed by atoms with E-state index in [1.807, 2.05) is 0 Å². The fraction of sp³-hybridized carbons (Fsp3) is 0.0435. The van der Waals surface area contributed by atoms with Gasteiger partial charge in [-0.3, -0.25) is 9.89 Å². The van der Waals surface area contributed by atoms with E-state index in [-0.39, 0.29) is 22.9 Å². The number of aryl methyl sites for hydroxylation is 1. The number of carboxylic acid groups (broad SMARTS) is 1. The minimum absolute atomic E-state index is 0.0287. The molecule has 0 spiro atoms. The summed E-state index contributed by atoms with van der Waals surface area (Å²) >= 11 is 0. The van der Waals surface area contributed by atoms with E-state index in [0.717, 1.165) is 0 Å². The van der Waals surface area contributed by atoms with Gasteiger partial charge in [-0.15, -0.1) is 10.2 Å². The average Bonchev–Trinajstić information content (AvgIpc) is 3.06. The molecule has 33 heavy (non-hydrogen) atoms. The topological polar surface area (TPSA) is 129 Å².